The van der Waals surface area contributed by atoms with E-state index in [9.17, 15) is 10.1 Å². The second kappa shape index (κ2) is 4.37. The maximum absolute atomic E-state index is 10.9. The topological polar surface area (TPSA) is 43.1 Å². The summed E-state index contributed by atoms with van der Waals surface area (Å²) in [5.41, 5.74) is 1.47. The van der Waals surface area contributed by atoms with E-state index in [2.05, 4.69) is 12.6 Å². The molecular weight excluding hydrogens is 222 g/mol. The highest BCUT2D eigenvalue weighted by Gasteiger charge is 2.15. The zero-order valence-electron chi connectivity index (χ0n) is 8.33. The number of benzene rings is 2. The fourth-order valence-corrected chi connectivity index (χ4v) is 1.84. The van der Waals surface area contributed by atoms with E-state index in [0.717, 1.165) is 10.5 Å². The van der Waals surface area contributed by atoms with E-state index in [1.54, 1.807) is 18.2 Å². The highest BCUT2D eigenvalue weighted by Crippen LogP contribution is 2.33. The number of para-hydroxylation sites is 1. The van der Waals surface area contributed by atoms with Crippen molar-refractivity contribution in [2.45, 2.75) is 4.90 Å². The van der Waals surface area contributed by atoms with Crippen LogP contribution in [0.5, 0.6) is 0 Å². The van der Waals surface area contributed by atoms with Gasteiger partial charge in [0.15, 0.2) is 0 Å². The Morgan fingerprint density at radius 3 is 2.12 bits per heavy atom. The molecule has 0 amide bonds. The average Bonchev–Trinajstić information content (AvgIpc) is 2.29. The number of nitro benzene ring substituents is 1. The minimum atomic E-state index is -0.379. The zero-order chi connectivity index (χ0) is 11.5. The standard InChI is InChI=1S/C12H9NO2S/c14-13(15)11-7-3-1-5-9(11)10-6-2-4-8-12(10)16/h1-8,16H. The fraction of sp³-hybridized carbons (Fsp3) is 0. The Balaban J connectivity index is 2.65. The van der Waals surface area contributed by atoms with E-state index in [-0.39, 0.29) is 10.6 Å². The van der Waals surface area contributed by atoms with Gasteiger partial charge in [-0.2, -0.15) is 0 Å². The number of hydrogen-bond acceptors (Lipinski definition) is 3. The molecule has 0 saturated carbocycles. The van der Waals surface area contributed by atoms with Crippen LogP contribution in [0.15, 0.2) is 53.4 Å². The third-order valence-electron chi connectivity index (χ3n) is 2.29. The van der Waals surface area contributed by atoms with Crippen LogP contribution in [0, 0.1) is 10.1 Å². The highest BCUT2D eigenvalue weighted by atomic mass is 32.1. The first-order valence-electron chi connectivity index (χ1n) is 4.72. The van der Waals surface area contributed by atoms with Gasteiger partial charge in [-0.1, -0.05) is 30.3 Å². The Bertz CT molecular complexity index is 540. The van der Waals surface area contributed by atoms with Crippen LogP contribution in [0.25, 0.3) is 11.1 Å². The molecule has 0 aliphatic heterocycles. The van der Waals surface area contributed by atoms with Crippen LogP contribution in [0.4, 0.5) is 5.69 Å². The van der Waals surface area contributed by atoms with E-state index in [1.165, 1.54) is 6.07 Å². The van der Waals surface area contributed by atoms with Gasteiger partial charge in [-0.05, 0) is 12.1 Å². The Labute approximate surface area is 98.3 Å². The van der Waals surface area contributed by atoms with Crippen molar-refractivity contribution < 1.29 is 4.92 Å². The van der Waals surface area contributed by atoms with Crippen LogP contribution in [0.2, 0.25) is 0 Å². The molecule has 0 atom stereocenters. The molecule has 0 N–H and O–H groups in total. The lowest BCUT2D eigenvalue weighted by atomic mass is 10.0. The van der Waals surface area contributed by atoms with E-state index >= 15 is 0 Å². The lowest BCUT2D eigenvalue weighted by molar-refractivity contribution is -0.384. The van der Waals surface area contributed by atoms with Crippen molar-refractivity contribution in [2.75, 3.05) is 0 Å². The normalized spacial score (nSPS) is 10.1. The van der Waals surface area contributed by atoms with E-state index in [1.807, 2.05) is 24.3 Å². The van der Waals surface area contributed by atoms with Crippen LogP contribution in [-0.4, -0.2) is 4.92 Å². The van der Waals surface area contributed by atoms with Crippen molar-refractivity contribution in [1.29, 1.82) is 0 Å². The van der Waals surface area contributed by atoms with Crippen LogP contribution in [0.1, 0.15) is 0 Å². The first-order chi connectivity index (χ1) is 7.70. The van der Waals surface area contributed by atoms with Gasteiger partial charge in [-0.3, -0.25) is 10.1 Å². The number of hydrogen-bond donors (Lipinski definition) is 1. The number of nitrogens with zero attached hydrogens (tertiary/aromatic N) is 1. The smallest absolute Gasteiger partial charge is 0.258 e. The minimum Gasteiger partial charge on any atom is -0.258 e. The summed E-state index contributed by atoms with van der Waals surface area (Å²) in [5.74, 6) is 0. The number of thiol groups is 1. The quantitative estimate of drug-likeness (QED) is 0.488. The van der Waals surface area contributed by atoms with Crippen LogP contribution < -0.4 is 0 Å². The number of nitro groups is 1. The lowest BCUT2D eigenvalue weighted by Crippen LogP contribution is -1.91. The predicted octanol–water partition coefficient (Wildman–Crippen LogP) is 3.55. The molecule has 0 aromatic heterocycles. The fourth-order valence-electron chi connectivity index (χ4n) is 1.56. The van der Waals surface area contributed by atoms with Crippen LogP contribution in [-0.2, 0) is 0 Å². The van der Waals surface area contributed by atoms with Crippen molar-refractivity contribution in [3.63, 3.8) is 0 Å². The largest absolute Gasteiger partial charge is 0.277 e. The summed E-state index contributed by atoms with van der Waals surface area (Å²) in [5, 5.41) is 10.9. The molecule has 0 fully saturated rings. The molecule has 80 valence electrons. The highest BCUT2D eigenvalue weighted by molar-refractivity contribution is 7.80. The molecule has 0 spiro atoms. The summed E-state index contributed by atoms with van der Waals surface area (Å²) in [6.45, 7) is 0. The van der Waals surface area contributed by atoms with Gasteiger partial charge in [0.1, 0.15) is 0 Å². The Kier molecular flexibility index (Phi) is 2.92. The first-order valence-corrected chi connectivity index (χ1v) is 5.16. The summed E-state index contributed by atoms with van der Waals surface area (Å²) in [6, 6.07) is 14.0. The van der Waals surface area contributed by atoms with Gasteiger partial charge < -0.3 is 0 Å². The van der Waals surface area contributed by atoms with Gasteiger partial charge in [0.05, 0.1) is 10.5 Å². The first kappa shape index (κ1) is 10.7. The lowest BCUT2D eigenvalue weighted by Gasteiger charge is -2.05. The molecule has 0 aliphatic carbocycles. The van der Waals surface area contributed by atoms with Crippen LogP contribution in [0.3, 0.4) is 0 Å². The van der Waals surface area contributed by atoms with Crippen molar-refractivity contribution in [3.05, 3.63) is 58.6 Å². The van der Waals surface area contributed by atoms with Gasteiger partial charge in [-0.15, -0.1) is 12.6 Å². The number of rotatable bonds is 2. The molecular formula is C12H9NO2S. The SMILES string of the molecule is O=[N+]([O-])c1ccccc1-c1ccccc1S. The third kappa shape index (κ3) is 1.92. The van der Waals surface area contributed by atoms with Crippen molar-refractivity contribution in [2.24, 2.45) is 0 Å². The van der Waals surface area contributed by atoms with E-state index in [4.69, 9.17) is 0 Å². The third-order valence-corrected chi connectivity index (χ3v) is 2.68. The zero-order valence-corrected chi connectivity index (χ0v) is 9.22. The molecule has 0 radical (unpaired) electrons. The monoisotopic (exact) mass is 231 g/mol. The molecule has 4 heteroatoms. The molecule has 0 heterocycles. The van der Waals surface area contributed by atoms with E-state index < -0.39 is 0 Å². The Morgan fingerprint density at radius 1 is 0.938 bits per heavy atom. The molecule has 2 aromatic carbocycles. The molecule has 0 saturated heterocycles. The van der Waals surface area contributed by atoms with Gasteiger partial charge in [0, 0.05) is 16.5 Å². The maximum atomic E-state index is 10.9. The Hall–Kier alpha value is -1.81. The van der Waals surface area contributed by atoms with Gasteiger partial charge >= 0.3 is 0 Å². The summed E-state index contributed by atoms with van der Waals surface area (Å²) in [7, 11) is 0. The van der Waals surface area contributed by atoms with Gasteiger partial charge in [0.25, 0.3) is 5.69 Å². The molecule has 3 nitrogen and oxygen atoms in total. The second-order valence-electron chi connectivity index (χ2n) is 3.29. The summed E-state index contributed by atoms with van der Waals surface area (Å²) in [6.07, 6.45) is 0. The molecule has 16 heavy (non-hydrogen) atoms. The van der Waals surface area contributed by atoms with Crippen molar-refractivity contribution in [3.8, 4) is 11.1 Å². The molecule has 2 rings (SSSR count). The molecule has 0 aliphatic rings. The second-order valence-corrected chi connectivity index (χ2v) is 3.77. The molecule has 0 unspecified atom stereocenters. The summed E-state index contributed by atoms with van der Waals surface area (Å²) >= 11 is 4.30. The van der Waals surface area contributed by atoms with Crippen LogP contribution >= 0.6 is 12.6 Å². The summed E-state index contributed by atoms with van der Waals surface area (Å²) in [4.78, 5) is 11.2. The Morgan fingerprint density at radius 2 is 1.50 bits per heavy atom. The van der Waals surface area contributed by atoms with E-state index in [0.29, 0.717) is 5.56 Å². The average molecular weight is 231 g/mol. The molecule has 0 bridgehead atoms. The van der Waals surface area contributed by atoms with Gasteiger partial charge in [0.2, 0.25) is 0 Å². The van der Waals surface area contributed by atoms with Crippen molar-refractivity contribution >= 4 is 18.3 Å². The van der Waals surface area contributed by atoms with Gasteiger partial charge in [-0.25, -0.2) is 0 Å². The predicted molar refractivity (Wildman–Crippen MR) is 65.8 cm³/mol. The minimum absolute atomic E-state index is 0.101. The maximum Gasteiger partial charge on any atom is 0.277 e. The molecule has 2 aromatic rings. The van der Waals surface area contributed by atoms with Crippen molar-refractivity contribution in [1.82, 2.24) is 0 Å². The summed E-state index contributed by atoms with van der Waals surface area (Å²) < 4.78 is 0.